The van der Waals surface area contributed by atoms with Crippen LogP contribution in [0.3, 0.4) is 0 Å². The number of hydrogen-bond donors (Lipinski definition) is 0. The Morgan fingerprint density at radius 3 is 2.60 bits per heavy atom. The van der Waals surface area contributed by atoms with Gasteiger partial charge in [0.15, 0.2) is 0 Å². The van der Waals surface area contributed by atoms with Crippen LogP contribution in [-0.4, -0.2) is 9.91 Å². The topological polar surface area (TPSA) is 56.0 Å². The number of alkyl halides is 3. The Kier molecular flexibility index (Phi) is 3.67. The quantitative estimate of drug-likeness (QED) is 0.484. The molecule has 1 heterocycles. The van der Waals surface area contributed by atoms with Gasteiger partial charge in [-0.3, -0.25) is 15.1 Å². The first-order chi connectivity index (χ1) is 6.95. The van der Waals surface area contributed by atoms with Gasteiger partial charge in [0.1, 0.15) is 5.69 Å². The largest absolute Gasteiger partial charge is 0.280 e. The molecule has 0 radical (unpaired) electrons. The highest BCUT2D eigenvalue weighted by Gasteiger charge is 2.26. The number of hydrogen-bond acceptors (Lipinski definition) is 3. The lowest BCUT2D eigenvalue weighted by Crippen LogP contribution is -2.03. The summed E-state index contributed by atoms with van der Waals surface area (Å²) in [6.45, 7) is 1.54. The Bertz CT molecular complexity index is 385. The van der Waals surface area contributed by atoms with E-state index in [4.69, 9.17) is 0 Å². The van der Waals surface area contributed by atoms with Gasteiger partial charge in [-0.1, -0.05) is 15.9 Å². The molecule has 1 unspecified atom stereocenters. The normalized spacial score (nSPS) is 12.9. The number of halogens is 3. The van der Waals surface area contributed by atoms with Gasteiger partial charge in [-0.2, -0.15) is 0 Å². The molecule has 0 aliphatic heterocycles. The molecule has 1 rings (SSSR count). The number of nitrogens with zero attached hydrogens (tertiary/aromatic N) is 2. The maximum Gasteiger partial charge on any atom is 0.280 e. The van der Waals surface area contributed by atoms with Crippen LogP contribution in [-0.2, 0) is 0 Å². The van der Waals surface area contributed by atoms with E-state index in [9.17, 15) is 18.9 Å². The molecule has 0 saturated heterocycles. The maximum absolute atomic E-state index is 12.5. The van der Waals surface area contributed by atoms with Gasteiger partial charge >= 0.3 is 0 Å². The molecular weight excluding hydrogens is 274 g/mol. The van der Waals surface area contributed by atoms with Crippen LogP contribution in [0.5, 0.6) is 0 Å². The van der Waals surface area contributed by atoms with Gasteiger partial charge in [0, 0.05) is 17.1 Å². The van der Waals surface area contributed by atoms with Gasteiger partial charge < -0.3 is 0 Å². The van der Waals surface area contributed by atoms with E-state index in [1.807, 2.05) is 0 Å². The summed E-state index contributed by atoms with van der Waals surface area (Å²) >= 11 is 3.04. The van der Waals surface area contributed by atoms with Gasteiger partial charge in [0.05, 0.1) is 10.5 Å². The minimum atomic E-state index is -2.82. The molecule has 0 saturated carbocycles. The molecule has 15 heavy (non-hydrogen) atoms. The van der Waals surface area contributed by atoms with Crippen LogP contribution in [0.25, 0.3) is 0 Å². The number of pyridine rings is 1. The van der Waals surface area contributed by atoms with Crippen molar-refractivity contribution in [3.63, 3.8) is 0 Å². The Morgan fingerprint density at radius 2 is 2.20 bits per heavy atom. The third kappa shape index (κ3) is 2.47. The van der Waals surface area contributed by atoms with E-state index in [1.54, 1.807) is 0 Å². The Balaban J connectivity index is 3.42. The van der Waals surface area contributed by atoms with Crippen LogP contribution in [0.15, 0.2) is 12.3 Å². The molecule has 0 aromatic carbocycles. The van der Waals surface area contributed by atoms with E-state index in [1.165, 1.54) is 6.92 Å². The average molecular weight is 281 g/mol. The molecule has 0 aliphatic carbocycles. The number of rotatable bonds is 3. The molecule has 0 fully saturated rings. The zero-order valence-electron chi connectivity index (χ0n) is 7.65. The lowest BCUT2D eigenvalue weighted by molar-refractivity contribution is -0.385. The summed E-state index contributed by atoms with van der Waals surface area (Å²) in [6, 6.07) is 1.11. The van der Waals surface area contributed by atoms with Crippen molar-refractivity contribution in [2.75, 3.05) is 0 Å². The van der Waals surface area contributed by atoms with Crippen molar-refractivity contribution in [3.8, 4) is 0 Å². The van der Waals surface area contributed by atoms with E-state index in [0.29, 0.717) is 0 Å². The first-order valence-electron chi connectivity index (χ1n) is 4.00. The standard InChI is InChI=1S/C8H7BrF2N2O2/c1-4(9)6-5(13(14)15)2-3-12-7(6)8(10)11/h2-4,8H,1H3. The van der Waals surface area contributed by atoms with Gasteiger partial charge in [-0.25, -0.2) is 8.78 Å². The van der Waals surface area contributed by atoms with Crippen molar-refractivity contribution < 1.29 is 13.7 Å². The lowest BCUT2D eigenvalue weighted by atomic mass is 10.1. The predicted molar refractivity (Wildman–Crippen MR) is 53.2 cm³/mol. The van der Waals surface area contributed by atoms with Crippen LogP contribution < -0.4 is 0 Å². The molecule has 0 amide bonds. The second-order valence-electron chi connectivity index (χ2n) is 2.80. The highest BCUT2D eigenvalue weighted by molar-refractivity contribution is 9.09. The Labute approximate surface area is 92.6 Å². The fourth-order valence-corrected chi connectivity index (χ4v) is 1.69. The molecule has 0 N–H and O–H groups in total. The Hall–Kier alpha value is -1.11. The molecule has 7 heteroatoms. The van der Waals surface area contributed by atoms with Crippen molar-refractivity contribution in [2.45, 2.75) is 18.2 Å². The van der Waals surface area contributed by atoms with Gasteiger partial charge in [0.2, 0.25) is 0 Å². The minimum Gasteiger partial charge on any atom is -0.258 e. The second kappa shape index (κ2) is 4.61. The van der Waals surface area contributed by atoms with Crippen LogP contribution in [0.2, 0.25) is 0 Å². The first-order valence-corrected chi connectivity index (χ1v) is 4.92. The molecule has 1 aromatic rings. The Morgan fingerprint density at radius 1 is 1.60 bits per heavy atom. The van der Waals surface area contributed by atoms with E-state index in [2.05, 4.69) is 20.9 Å². The highest BCUT2D eigenvalue weighted by atomic mass is 79.9. The van der Waals surface area contributed by atoms with E-state index >= 15 is 0 Å². The van der Waals surface area contributed by atoms with Gasteiger partial charge in [-0.15, -0.1) is 0 Å². The fourth-order valence-electron chi connectivity index (χ4n) is 1.22. The summed E-state index contributed by atoms with van der Waals surface area (Å²) in [7, 11) is 0. The lowest BCUT2D eigenvalue weighted by Gasteiger charge is -2.09. The van der Waals surface area contributed by atoms with Crippen LogP contribution in [0.4, 0.5) is 14.5 Å². The summed E-state index contributed by atoms with van der Waals surface area (Å²) in [5, 5.41) is 10.6. The van der Waals surface area contributed by atoms with Crippen molar-refractivity contribution in [2.24, 2.45) is 0 Å². The van der Waals surface area contributed by atoms with Crippen LogP contribution in [0, 0.1) is 10.1 Å². The molecular formula is C8H7BrF2N2O2. The molecule has 82 valence electrons. The molecule has 1 aromatic heterocycles. The molecule has 0 aliphatic rings. The zero-order chi connectivity index (χ0) is 11.6. The van der Waals surface area contributed by atoms with Gasteiger partial charge in [0.25, 0.3) is 12.1 Å². The summed E-state index contributed by atoms with van der Waals surface area (Å²) in [6.07, 6.45) is -1.81. The van der Waals surface area contributed by atoms with Gasteiger partial charge in [-0.05, 0) is 6.92 Å². The summed E-state index contributed by atoms with van der Waals surface area (Å²) in [4.78, 5) is 12.8. The van der Waals surface area contributed by atoms with Crippen LogP contribution in [0.1, 0.15) is 29.4 Å². The van der Waals surface area contributed by atoms with E-state index < -0.39 is 21.9 Å². The molecule has 0 bridgehead atoms. The fraction of sp³-hybridized carbons (Fsp3) is 0.375. The molecule has 0 spiro atoms. The number of nitro groups is 1. The van der Waals surface area contributed by atoms with E-state index in [0.717, 1.165) is 12.3 Å². The predicted octanol–water partition coefficient (Wildman–Crippen LogP) is 3.38. The summed E-state index contributed by atoms with van der Waals surface area (Å²) in [5.41, 5.74) is -0.962. The van der Waals surface area contributed by atoms with Crippen molar-refractivity contribution in [3.05, 3.63) is 33.6 Å². The smallest absolute Gasteiger partial charge is 0.258 e. The first kappa shape index (κ1) is 12.0. The summed E-state index contributed by atoms with van der Waals surface area (Å²) < 4.78 is 25.1. The van der Waals surface area contributed by atoms with Crippen molar-refractivity contribution in [1.82, 2.24) is 4.98 Å². The minimum absolute atomic E-state index is 0.0718. The SMILES string of the molecule is CC(Br)c1c([N+](=O)[O-])ccnc1C(F)F. The third-order valence-corrected chi connectivity index (χ3v) is 2.26. The maximum atomic E-state index is 12.5. The molecule has 1 atom stereocenters. The van der Waals surface area contributed by atoms with Crippen molar-refractivity contribution in [1.29, 1.82) is 0 Å². The van der Waals surface area contributed by atoms with Crippen LogP contribution >= 0.6 is 15.9 Å². The second-order valence-corrected chi connectivity index (χ2v) is 4.18. The number of aromatic nitrogens is 1. The highest BCUT2D eigenvalue weighted by Crippen LogP contribution is 2.36. The zero-order valence-corrected chi connectivity index (χ0v) is 9.24. The molecule has 4 nitrogen and oxygen atoms in total. The average Bonchev–Trinajstić information content (AvgIpc) is 2.16. The van der Waals surface area contributed by atoms with Crippen molar-refractivity contribution >= 4 is 21.6 Å². The monoisotopic (exact) mass is 280 g/mol. The third-order valence-electron chi connectivity index (χ3n) is 1.80. The van der Waals surface area contributed by atoms with E-state index in [-0.39, 0.29) is 11.3 Å². The summed E-state index contributed by atoms with van der Waals surface area (Å²) in [5.74, 6) is 0.